The number of hydrogen-bond donors (Lipinski definition) is 2. The molecule has 0 saturated carbocycles. The van der Waals surface area contributed by atoms with Crippen molar-refractivity contribution in [2.45, 2.75) is 27.3 Å². The van der Waals surface area contributed by atoms with Gasteiger partial charge >= 0.3 is 0 Å². The summed E-state index contributed by atoms with van der Waals surface area (Å²) in [7, 11) is 0. The van der Waals surface area contributed by atoms with Gasteiger partial charge in [0.1, 0.15) is 0 Å². The summed E-state index contributed by atoms with van der Waals surface area (Å²) in [5, 5.41) is 3.29. The van der Waals surface area contributed by atoms with Crippen LogP contribution in [0, 0.1) is 5.92 Å². The van der Waals surface area contributed by atoms with E-state index in [1.807, 2.05) is 4.90 Å². The molecule has 0 heterocycles. The average molecular weight is 263 g/mol. The standard InChI is InChI=1S/C15H25N3O/c1-4-17-9-13-5-7-14(8-6-13)18(10-12(2)3)11-15(16)19/h5-8,12,17H,4,9-11H2,1-3H3,(H2,16,19). The van der Waals surface area contributed by atoms with Crippen LogP contribution in [0.5, 0.6) is 0 Å². The number of hydrogen-bond acceptors (Lipinski definition) is 3. The van der Waals surface area contributed by atoms with E-state index in [1.165, 1.54) is 5.56 Å². The van der Waals surface area contributed by atoms with E-state index in [1.54, 1.807) is 0 Å². The molecule has 1 rings (SSSR count). The van der Waals surface area contributed by atoms with E-state index < -0.39 is 0 Å². The number of benzene rings is 1. The Bertz CT molecular complexity index is 387. The first-order valence-electron chi connectivity index (χ1n) is 6.85. The van der Waals surface area contributed by atoms with Crippen LogP contribution in [0.2, 0.25) is 0 Å². The Kier molecular flexibility index (Phi) is 6.36. The van der Waals surface area contributed by atoms with Crippen molar-refractivity contribution in [3.8, 4) is 0 Å². The highest BCUT2D eigenvalue weighted by Crippen LogP contribution is 2.16. The second-order valence-corrected chi connectivity index (χ2v) is 5.19. The zero-order valence-corrected chi connectivity index (χ0v) is 12.1. The average Bonchev–Trinajstić information content (AvgIpc) is 2.35. The van der Waals surface area contributed by atoms with Crippen molar-refractivity contribution in [2.75, 3.05) is 24.5 Å². The molecule has 4 nitrogen and oxygen atoms in total. The van der Waals surface area contributed by atoms with Crippen LogP contribution in [0.15, 0.2) is 24.3 Å². The largest absolute Gasteiger partial charge is 0.368 e. The molecule has 0 saturated heterocycles. The van der Waals surface area contributed by atoms with Crippen LogP contribution < -0.4 is 16.0 Å². The summed E-state index contributed by atoms with van der Waals surface area (Å²) in [6.45, 7) is 9.28. The number of nitrogens with two attached hydrogens (primary N) is 1. The van der Waals surface area contributed by atoms with Crippen molar-refractivity contribution in [3.05, 3.63) is 29.8 Å². The van der Waals surface area contributed by atoms with Crippen LogP contribution in [-0.4, -0.2) is 25.5 Å². The fourth-order valence-corrected chi connectivity index (χ4v) is 1.98. The minimum Gasteiger partial charge on any atom is -0.368 e. The minimum atomic E-state index is -0.294. The first-order valence-corrected chi connectivity index (χ1v) is 6.85. The van der Waals surface area contributed by atoms with Crippen molar-refractivity contribution in [3.63, 3.8) is 0 Å². The monoisotopic (exact) mass is 263 g/mol. The summed E-state index contributed by atoms with van der Waals surface area (Å²) in [6, 6.07) is 8.29. The Morgan fingerprint density at radius 2 is 1.95 bits per heavy atom. The zero-order chi connectivity index (χ0) is 14.3. The number of primary amides is 1. The molecule has 0 aliphatic rings. The lowest BCUT2D eigenvalue weighted by molar-refractivity contribution is -0.116. The summed E-state index contributed by atoms with van der Waals surface area (Å²) in [4.78, 5) is 13.2. The van der Waals surface area contributed by atoms with Crippen molar-refractivity contribution >= 4 is 11.6 Å². The van der Waals surface area contributed by atoms with Crippen LogP contribution in [0.3, 0.4) is 0 Å². The third-order valence-corrected chi connectivity index (χ3v) is 2.81. The van der Waals surface area contributed by atoms with Gasteiger partial charge in [-0.3, -0.25) is 4.79 Å². The van der Waals surface area contributed by atoms with Gasteiger partial charge in [-0.25, -0.2) is 0 Å². The molecular weight excluding hydrogens is 238 g/mol. The minimum absolute atomic E-state index is 0.269. The molecule has 0 fully saturated rings. The predicted molar refractivity (Wildman–Crippen MR) is 80.1 cm³/mol. The molecule has 0 atom stereocenters. The fourth-order valence-electron chi connectivity index (χ4n) is 1.98. The lowest BCUT2D eigenvalue weighted by Gasteiger charge is -2.25. The Labute approximate surface area is 116 Å². The van der Waals surface area contributed by atoms with Gasteiger partial charge in [0, 0.05) is 18.8 Å². The van der Waals surface area contributed by atoms with Gasteiger partial charge in [-0.1, -0.05) is 32.9 Å². The van der Waals surface area contributed by atoms with E-state index in [0.29, 0.717) is 5.92 Å². The molecule has 0 spiro atoms. The highest BCUT2D eigenvalue weighted by atomic mass is 16.1. The van der Waals surface area contributed by atoms with Crippen LogP contribution in [-0.2, 0) is 11.3 Å². The van der Waals surface area contributed by atoms with Crippen molar-refractivity contribution in [1.29, 1.82) is 0 Å². The Morgan fingerprint density at radius 1 is 1.32 bits per heavy atom. The van der Waals surface area contributed by atoms with E-state index in [4.69, 9.17) is 5.73 Å². The van der Waals surface area contributed by atoms with E-state index in [-0.39, 0.29) is 12.5 Å². The lowest BCUT2D eigenvalue weighted by atomic mass is 10.1. The third kappa shape index (κ3) is 5.75. The molecule has 0 bridgehead atoms. The van der Waals surface area contributed by atoms with E-state index in [2.05, 4.69) is 50.4 Å². The number of anilines is 1. The Morgan fingerprint density at radius 3 is 2.42 bits per heavy atom. The molecule has 0 aliphatic carbocycles. The summed E-state index contributed by atoms with van der Waals surface area (Å²) >= 11 is 0. The van der Waals surface area contributed by atoms with Gasteiger partial charge in [0.05, 0.1) is 6.54 Å². The molecule has 4 heteroatoms. The number of rotatable bonds is 8. The highest BCUT2D eigenvalue weighted by molar-refractivity contribution is 5.79. The summed E-state index contributed by atoms with van der Waals surface area (Å²) in [5.41, 5.74) is 7.60. The first kappa shape index (κ1) is 15.5. The molecule has 0 aliphatic heterocycles. The van der Waals surface area contributed by atoms with Gasteiger partial charge in [0.15, 0.2) is 0 Å². The first-order chi connectivity index (χ1) is 9.02. The summed E-state index contributed by atoms with van der Waals surface area (Å²) in [6.07, 6.45) is 0. The maximum absolute atomic E-state index is 11.1. The molecule has 0 unspecified atom stereocenters. The zero-order valence-electron chi connectivity index (χ0n) is 12.1. The molecule has 1 aromatic rings. The normalized spacial score (nSPS) is 10.7. The molecule has 106 valence electrons. The van der Waals surface area contributed by atoms with Gasteiger partial charge < -0.3 is 16.0 Å². The number of amides is 1. The molecule has 3 N–H and O–H groups in total. The van der Waals surface area contributed by atoms with Gasteiger partial charge in [-0.2, -0.15) is 0 Å². The van der Waals surface area contributed by atoms with Crippen molar-refractivity contribution < 1.29 is 4.79 Å². The number of nitrogens with zero attached hydrogens (tertiary/aromatic N) is 1. The fraction of sp³-hybridized carbons (Fsp3) is 0.533. The predicted octanol–water partition coefficient (Wildman–Crippen LogP) is 1.74. The molecular formula is C15H25N3O. The van der Waals surface area contributed by atoms with Gasteiger partial charge in [0.25, 0.3) is 0 Å². The maximum Gasteiger partial charge on any atom is 0.236 e. The van der Waals surface area contributed by atoms with Crippen LogP contribution >= 0.6 is 0 Å². The molecule has 1 aromatic carbocycles. The summed E-state index contributed by atoms with van der Waals surface area (Å²) in [5.74, 6) is 0.193. The van der Waals surface area contributed by atoms with Gasteiger partial charge in [-0.15, -0.1) is 0 Å². The Balaban J connectivity index is 2.75. The van der Waals surface area contributed by atoms with E-state index in [9.17, 15) is 4.79 Å². The summed E-state index contributed by atoms with van der Waals surface area (Å²) < 4.78 is 0. The molecule has 0 aromatic heterocycles. The van der Waals surface area contributed by atoms with Crippen LogP contribution in [0.4, 0.5) is 5.69 Å². The number of carbonyl (C=O) groups excluding carboxylic acids is 1. The number of nitrogens with one attached hydrogen (secondary N) is 1. The van der Waals surface area contributed by atoms with Crippen molar-refractivity contribution in [1.82, 2.24) is 5.32 Å². The molecule has 19 heavy (non-hydrogen) atoms. The Hall–Kier alpha value is -1.55. The van der Waals surface area contributed by atoms with Gasteiger partial charge in [-0.05, 0) is 30.2 Å². The topological polar surface area (TPSA) is 58.4 Å². The second-order valence-electron chi connectivity index (χ2n) is 5.19. The molecule has 1 amide bonds. The van der Waals surface area contributed by atoms with E-state index >= 15 is 0 Å². The quantitative estimate of drug-likeness (QED) is 0.751. The van der Waals surface area contributed by atoms with Crippen molar-refractivity contribution in [2.24, 2.45) is 11.7 Å². The third-order valence-electron chi connectivity index (χ3n) is 2.81. The van der Waals surface area contributed by atoms with Crippen LogP contribution in [0.1, 0.15) is 26.3 Å². The second kappa shape index (κ2) is 7.79. The van der Waals surface area contributed by atoms with Crippen LogP contribution in [0.25, 0.3) is 0 Å². The van der Waals surface area contributed by atoms with Gasteiger partial charge in [0.2, 0.25) is 5.91 Å². The lowest BCUT2D eigenvalue weighted by Crippen LogP contribution is -2.36. The van der Waals surface area contributed by atoms with E-state index in [0.717, 1.165) is 25.3 Å². The SMILES string of the molecule is CCNCc1ccc(N(CC(N)=O)CC(C)C)cc1. The number of carbonyl (C=O) groups is 1. The smallest absolute Gasteiger partial charge is 0.236 e. The maximum atomic E-state index is 11.1. The molecule has 0 radical (unpaired) electrons. The highest BCUT2D eigenvalue weighted by Gasteiger charge is 2.11.